The fourth-order valence-corrected chi connectivity index (χ4v) is 4.57. The summed E-state index contributed by atoms with van der Waals surface area (Å²) in [6.45, 7) is 2.38. The van der Waals surface area contributed by atoms with E-state index in [4.69, 9.17) is 10.5 Å². The Bertz CT molecular complexity index is 1540. The van der Waals surface area contributed by atoms with Crippen molar-refractivity contribution in [3.05, 3.63) is 66.0 Å². The molecule has 2 amide bonds. The number of methoxy groups -OCH3 is 1. The summed E-state index contributed by atoms with van der Waals surface area (Å²) in [6, 6.07) is 14.0. The van der Waals surface area contributed by atoms with Gasteiger partial charge in [0.15, 0.2) is 5.65 Å². The van der Waals surface area contributed by atoms with Crippen LogP contribution < -0.4 is 21.1 Å². The number of aromatic nitrogens is 4. The number of hydrogen-bond donors (Lipinski definition) is 3. The average molecular weight is 556 g/mol. The van der Waals surface area contributed by atoms with Gasteiger partial charge in [0.05, 0.1) is 36.6 Å². The van der Waals surface area contributed by atoms with Crippen molar-refractivity contribution in [3.8, 4) is 17.0 Å². The van der Waals surface area contributed by atoms with Gasteiger partial charge in [-0.1, -0.05) is 36.4 Å². The average Bonchev–Trinajstić information content (AvgIpc) is 3.24. The number of anilines is 1. The maximum Gasteiger partial charge on any atom is 0.391 e. The molecule has 13 heteroatoms. The molecule has 210 valence electrons. The number of halogens is 3. The summed E-state index contributed by atoms with van der Waals surface area (Å²) in [5.74, 6) is -0.331. The lowest BCUT2D eigenvalue weighted by atomic mass is 9.97. The van der Waals surface area contributed by atoms with Crippen LogP contribution in [0.3, 0.4) is 0 Å². The zero-order valence-electron chi connectivity index (χ0n) is 22.0. The first-order chi connectivity index (χ1) is 18.9. The van der Waals surface area contributed by atoms with Gasteiger partial charge in [-0.15, -0.1) is 0 Å². The first kappa shape index (κ1) is 28.3. The van der Waals surface area contributed by atoms with Crippen LogP contribution in [-0.2, 0) is 17.9 Å². The number of para-hydroxylation sites is 1. The second-order valence-electron chi connectivity index (χ2n) is 9.58. The Hall–Kier alpha value is -4.68. The molecule has 2 heterocycles. The van der Waals surface area contributed by atoms with Gasteiger partial charge in [0, 0.05) is 19.0 Å². The number of nitrogens with one attached hydrogen (secondary N) is 2. The van der Waals surface area contributed by atoms with Gasteiger partial charge in [0.1, 0.15) is 23.6 Å². The van der Waals surface area contributed by atoms with E-state index in [1.54, 1.807) is 48.5 Å². The van der Waals surface area contributed by atoms with Crippen LogP contribution in [0.4, 0.5) is 19.0 Å². The Morgan fingerprint density at radius 2 is 1.77 bits per heavy atom. The molecule has 0 fully saturated rings. The summed E-state index contributed by atoms with van der Waals surface area (Å²) in [4.78, 5) is 32.6. The van der Waals surface area contributed by atoms with Crippen LogP contribution in [0.15, 0.2) is 54.9 Å². The largest absolute Gasteiger partial charge is 0.496 e. The van der Waals surface area contributed by atoms with Gasteiger partial charge in [-0.2, -0.15) is 18.3 Å². The second-order valence-corrected chi connectivity index (χ2v) is 9.58. The molecule has 10 nitrogen and oxygen atoms in total. The number of nitrogens with two attached hydrogens (primary N) is 1. The van der Waals surface area contributed by atoms with Crippen molar-refractivity contribution in [2.45, 2.75) is 45.1 Å². The molecule has 2 aromatic carbocycles. The minimum Gasteiger partial charge on any atom is -0.496 e. The predicted molar refractivity (Wildman–Crippen MR) is 142 cm³/mol. The summed E-state index contributed by atoms with van der Waals surface area (Å²) in [5.41, 5.74) is 6.86. The van der Waals surface area contributed by atoms with Gasteiger partial charge in [0.2, 0.25) is 5.91 Å². The standard InChI is InChI=1S/C27H28F3N7O3/c1-16(38)35-26(2,13-27(28,29)30)14-37-24-21(23(31)33-15-34-24)22(36-37)18-10-8-17(9-11-18)12-32-25(39)19-6-4-5-7-20(19)40-3/h4-11,15H,12-14H2,1-3H3,(H,32,39)(H,35,38)(H2,31,33,34). The minimum absolute atomic E-state index is 0.108. The topological polar surface area (TPSA) is 137 Å². The predicted octanol–water partition coefficient (Wildman–Crippen LogP) is 3.86. The smallest absolute Gasteiger partial charge is 0.391 e. The highest BCUT2D eigenvalue weighted by Crippen LogP contribution is 2.33. The van der Waals surface area contributed by atoms with Gasteiger partial charge in [-0.3, -0.25) is 9.59 Å². The fourth-order valence-electron chi connectivity index (χ4n) is 4.57. The van der Waals surface area contributed by atoms with Crippen LogP contribution in [0.1, 0.15) is 36.2 Å². The SMILES string of the molecule is COc1ccccc1C(=O)NCc1ccc(-c2nn(CC(C)(CC(F)(F)F)NC(C)=O)c3ncnc(N)c23)cc1. The lowest BCUT2D eigenvalue weighted by molar-refractivity contribution is -0.152. The highest BCUT2D eigenvalue weighted by atomic mass is 19.4. The van der Waals surface area contributed by atoms with E-state index < -0.39 is 24.0 Å². The number of alkyl halides is 3. The number of nitrogens with zero attached hydrogens (tertiary/aromatic N) is 4. The van der Waals surface area contributed by atoms with Crippen molar-refractivity contribution >= 4 is 28.7 Å². The van der Waals surface area contributed by atoms with Crippen LogP contribution in [0.25, 0.3) is 22.3 Å². The van der Waals surface area contributed by atoms with Crippen molar-refractivity contribution < 1.29 is 27.5 Å². The molecule has 0 aliphatic rings. The number of amides is 2. The summed E-state index contributed by atoms with van der Waals surface area (Å²) in [7, 11) is 1.49. The Balaban J connectivity index is 1.61. The molecular formula is C27H28F3N7O3. The van der Waals surface area contributed by atoms with E-state index in [0.717, 1.165) is 12.5 Å². The summed E-state index contributed by atoms with van der Waals surface area (Å²) >= 11 is 0. The molecule has 4 rings (SSSR count). The third kappa shape index (κ3) is 6.47. The maximum absolute atomic E-state index is 13.4. The summed E-state index contributed by atoms with van der Waals surface area (Å²) < 4.78 is 46.7. The highest BCUT2D eigenvalue weighted by molar-refractivity contribution is 5.98. The molecule has 0 saturated carbocycles. The van der Waals surface area contributed by atoms with Crippen LogP contribution in [0.5, 0.6) is 5.75 Å². The molecule has 0 spiro atoms. The van der Waals surface area contributed by atoms with Gasteiger partial charge < -0.3 is 21.1 Å². The lowest BCUT2D eigenvalue weighted by Gasteiger charge is -2.31. The van der Waals surface area contributed by atoms with E-state index >= 15 is 0 Å². The van der Waals surface area contributed by atoms with E-state index in [1.807, 2.05) is 0 Å². The van der Waals surface area contributed by atoms with E-state index in [9.17, 15) is 22.8 Å². The van der Waals surface area contributed by atoms with Gasteiger partial charge in [-0.05, 0) is 24.6 Å². The van der Waals surface area contributed by atoms with E-state index in [2.05, 4.69) is 25.7 Å². The number of ether oxygens (including phenoxy) is 1. The van der Waals surface area contributed by atoms with E-state index in [1.165, 1.54) is 25.0 Å². The number of nitrogen functional groups attached to an aromatic ring is 1. The fraction of sp³-hybridized carbons (Fsp3) is 0.296. The summed E-state index contributed by atoms with van der Waals surface area (Å²) in [5, 5.41) is 10.2. The quantitative estimate of drug-likeness (QED) is 0.285. The third-order valence-corrected chi connectivity index (χ3v) is 6.16. The molecule has 0 saturated heterocycles. The van der Waals surface area contributed by atoms with Crippen molar-refractivity contribution in [1.29, 1.82) is 0 Å². The van der Waals surface area contributed by atoms with Crippen molar-refractivity contribution in [1.82, 2.24) is 30.4 Å². The molecule has 40 heavy (non-hydrogen) atoms. The Kier molecular flexibility index (Phi) is 7.93. The maximum atomic E-state index is 13.4. The molecule has 0 aliphatic carbocycles. The molecule has 2 aromatic heterocycles. The summed E-state index contributed by atoms with van der Waals surface area (Å²) in [6.07, 6.45) is -4.60. The number of carbonyl (C=O) groups is 2. The molecule has 0 aliphatic heterocycles. The first-order valence-corrected chi connectivity index (χ1v) is 12.2. The number of carbonyl (C=O) groups excluding carboxylic acids is 2. The van der Waals surface area contributed by atoms with E-state index in [0.29, 0.717) is 28.0 Å². The van der Waals surface area contributed by atoms with Crippen LogP contribution in [-0.4, -0.2) is 50.4 Å². The molecule has 0 bridgehead atoms. The molecule has 1 atom stereocenters. The Labute approximate surface area is 227 Å². The number of fused-ring (bicyclic) bond motifs is 1. The van der Waals surface area contributed by atoms with Crippen molar-refractivity contribution in [2.75, 3.05) is 12.8 Å². The highest BCUT2D eigenvalue weighted by Gasteiger charge is 2.41. The third-order valence-electron chi connectivity index (χ3n) is 6.16. The van der Waals surface area contributed by atoms with Crippen LogP contribution >= 0.6 is 0 Å². The zero-order chi connectivity index (χ0) is 29.1. The van der Waals surface area contributed by atoms with Gasteiger partial charge >= 0.3 is 6.18 Å². The van der Waals surface area contributed by atoms with Gasteiger partial charge in [0.25, 0.3) is 5.91 Å². The molecular weight excluding hydrogens is 527 g/mol. The Morgan fingerprint density at radius 3 is 2.42 bits per heavy atom. The van der Waals surface area contributed by atoms with Crippen LogP contribution in [0.2, 0.25) is 0 Å². The molecule has 1 unspecified atom stereocenters. The lowest BCUT2D eigenvalue weighted by Crippen LogP contribution is -2.51. The Morgan fingerprint density at radius 1 is 1.07 bits per heavy atom. The van der Waals surface area contributed by atoms with Crippen molar-refractivity contribution in [3.63, 3.8) is 0 Å². The number of rotatable bonds is 9. The number of benzene rings is 2. The van der Waals surface area contributed by atoms with Gasteiger partial charge in [-0.25, -0.2) is 14.6 Å². The monoisotopic (exact) mass is 555 g/mol. The second kappa shape index (κ2) is 11.2. The first-order valence-electron chi connectivity index (χ1n) is 12.2. The molecule has 4 aromatic rings. The zero-order valence-corrected chi connectivity index (χ0v) is 22.0. The van der Waals surface area contributed by atoms with Crippen molar-refractivity contribution in [2.24, 2.45) is 0 Å². The normalized spacial score (nSPS) is 13.1. The number of hydrogen-bond acceptors (Lipinski definition) is 7. The molecule has 4 N–H and O–H groups in total. The van der Waals surface area contributed by atoms with Crippen LogP contribution in [0, 0.1) is 0 Å². The van der Waals surface area contributed by atoms with E-state index in [-0.39, 0.29) is 30.5 Å². The molecule has 0 radical (unpaired) electrons. The minimum atomic E-state index is -4.53.